The summed E-state index contributed by atoms with van der Waals surface area (Å²) >= 11 is 11.8. The molecule has 1 aromatic carbocycles. The lowest BCUT2D eigenvalue weighted by Gasteiger charge is -2.08. The van der Waals surface area contributed by atoms with Crippen molar-refractivity contribution in [2.24, 2.45) is 0 Å². The van der Waals surface area contributed by atoms with E-state index in [-0.39, 0.29) is 17.3 Å². The number of benzene rings is 1. The Hall–Kier alpha value is -2.15. The summed E-state index contributed by atoms with van der Waals surface area (Å²) in [6, 6.07) is 9.35. The topological polar surface area (TPSA) is 80.3 Å². The molecule has 0 spiro atoms. The molecule has 0 radical (unpaired) electrons. The Labute approximate surface area is 155 Å². The van der Waals surface area contributed by atoms with Gasteiger partial charge in [0.25, 0.3) is 11.8 Å². The molecule has 1 heterocycles. The Balaban J connectivity index is 2.04. The van der Waals surface area contributed by atoms with Gasteiger partial charge < -0.3 is 15.4 Å². The Morgan fingerprint density at radius 3 is 2.36 bits per heavy atom. The van der Waals surface area contributed by atoms with Gasteiger partial charge in [-0.3, -0.25) is 9.59 Å². The highest BCUT2D eigenvalue weighted by Gasteiger charge is 2.13. The van der Waals surface area contributed by atoms with Crippen LogP contribution in [-0.4, -0.2) is 37.1 Å². The molecule has 0 bridgehead atoms. The summed E-state index contributed by atoms with van der Waals surface area (Å²) < 4.78 is 4.91. The first-order valence-electron chi connectivity index (χ1n) is 7.51. The number of pyridine rings is 1. The number of amides is 2. The zero-order valence-electron chi connectivity index (χ0n) is 13.5. The van der Waals surface area contributed by atoms with Crippen molar-refractivity contribution in [3.63, 3.8) is 0 Å². The zero-order chi connectivity index (χ0) is 18.2. The normalized spacial score (nSPS) is 10.4. The van der Waals surface area contributed by atoms with E-state index in [1.54, 1.807) is 37.4 Å². The summed E-state index contributed by atoms with van der Waals surface area (Å²) in [5.74, 6) is -0.816. The number of anilines is 1. The van der Waals surface area contributed by atoms with Crippen molar-refractivity contribution in [1.82, 2.24) is 10.3 Å². The number of hydrogen-bond acceptors (Lipinski definition) is 4. The highest BCUT2D eigenvalue weighted by atomic mass is 35.5. The first kappa shape index (κ1) is 19.2. The SMILES string of the molecule is COCCCNC(=O)c1cccc(C(=O)Nc2cc(Cl)cc(Cl)c2)n1. The van der Waals surface area contributed by atoms with Crippen molar-refractivity contribution in [1.29, 1.82) is 0 Å². The highest BCUT2D eigenvalue weighted by Crippen LogP contribution is 2.22. The van der Waals surface area contributed by atoms with Crippen LogP contribution in [0.2, 0.25) is 10.0 Å². The van der Waals surface area contributed by atoms with Crippen molar-refractivity contribution in [2.75, 3.05) is 25.6 Å². The number of nitrogens with zero attached hydrogens (tertiary/aromatic N) is 1. The standard InChI is InChI=1S/C17H17Cl2N3O3/c1-25-7-3-6-20-16(23)14-4-2-5-15(22-14)17(24)21-13-9-11(18)8-12(19)10-13/h2,4-5,8-10H,3,6-7H2,1H3,(H,20,23)(H,21,24). The number of nitrogens with one attached hydrogen (secondary N) is 2. The minimum atomic E-state index is -0.465. The van der Waals surface area contributed by atoms with Gasteiger partial charge in [-0.2, -0.15) is 0 Å². The molecule has 2 amide bonds. The molecule has 6 nitrogen and oxygen atoms in total. The summed E-state index contributed by atoms with van der Waals surface area (Å²) in [5.41, 5.74) is 0.716. The molecule has 1 aromatic heterocycles. The molecule has 132 valence electrons. The number of halogens is 2. The van der Waals surface area contributed by atoms with Crippen LogP contribution in [0.4, 0.5) is 5.69 Å². The molecule has 0 unspecified atom stereocenters. The number of methoxy groups -OCH3 is 1. The molecule has 2 N–H and O–H groups in total. The van der Waals surface area contributed by atoms with Gasteiger partial charge in [0.05, 0.1) is 0 Å². The van der Waals surface area contributed by atoms with E-state index in [4.69, 9.17) is 27.9 Å². The number of carbonyl (C=O) groups is 2. The largest absolute Gasteiger partial charge is 0.385 e. The molecule has 8 heteroatoms. The van der Waals surface area contributed by atoms with E-state index >= 15 is 0 Å². The van der Waals surface area contributed by atoms with Crippen LogP contribution < -0.4 is 10.6 Å². The van der Waals surface area contributed by atoms with E-state index in [9.17, 15) is 9.59 Å². The molecule has 25 heavy (non-hydrogen) atoms. The molecule has 0 fully saturated rings. The predicted molar refractivity (Wildman–Crippen MR) is 97.5 cm³/mol. The second-order valence-electron chi connectivity index (χ2n) is 5.12. The van der Waals surface area contributed by atoms with Crippen LogP contribution in [0, 0.1) is 0 Å². The fourth-order valence-electron chi connectivity index (χ4n) is 2.02. The minimum Gasteiger partial charge on any atom is -0.385 e. The van der Waals surface area contributed by atoms with Crippen molar-refractivity contribution < 1.29 is 14.3 Å². The molecule has 0 saturated heterocycles. The van der Waals surface area contributed by atoms with Crippen LogP contribution in [0.15, 0.2) is 36.4 Å². The van der Waals surface area contributed by atoms with Crippen LogP contribution in [0.5, 0.6) is 0 Å². The van der Waals surface area contributed by atoms with E-state index in [2.05, 4.69) is 15.6 Å². The monoisotopic (exact) mass is 381 g/mol. The number of rotatable bonds is 7. The van der Waals surface area contributed by atoms with Gasteiger partial charge in [0.2, 0.25) is 0 Å². The lowest BCUT2D eigenvalue weighted by atomic mass is 10.2. The van der Waals surface area contributed by atoms with Crippen LogP contribution in [0.3, 0.4) is 0 Å². The molecule has 2 rings (SSSR count). The van der Waals surface area contributed by atoms with Gasteiger partial charge in [0.1, 0.15) is 11.4 Å². The number of aromatic nitrogens is 1. The fourth-order valence-corrected chi connectivity index (χ4v) is 2.54. The molecule has 0 aliphatic heterocycles. The van der Waals surface area contributed by atoms with Gasteiger partial charge in [0, 0.05) is 36.0 Å². The molecule has 0 saturated carbocycles. The molecule has 0 aliphatic rings. The summed E-state index contributed by atoms with van der Waals surface area (Å²) in [7, 11) is 1.60. The maximum Gasteiger partial charge on any atom is 0.274 e. The maximum atomic E-state index is 12.3. The Morgan fingerprint density at radius 1 is 1.08 bits per heavy atom. The molecule has 0 aliphatic carbocycles. The maximum absolute atomic E-state index is 12.3. The second-order valence-corrected chi connectivity index (χ2v) is 6.00. The third-order valence-electron chi connectivity index (χ3n) is 3.15. The smallest absolute Gasteiger partial charge is 0.274 e. The first-order chi connectivity index (χ1) is 12.0. The predicted octanol–water partition coefficient (Wildman–Crippen LogP) is 3.41. The van der Waals surface area contributed by atoms with Crippen molar-refractivity contribution in [2.45, 2.75) is 6.42 Å². The molecule has 0 atom stereocenters. The Morgan fingerprint density at radius 2 is 1.72 bits per heavy atom. The third-order valence-corrected chi connectivity index (χ3v) is 3.58. The van der Waals surface area contributed by atoms with Gasteiger partial charge in [-0.15, -0.1) is 0 Å². The minimum absolute atomic E-state index is 0.112. The van der Waals surface area contributed by atoms with Gasteiger partial charge in [-0.1, -0.05) is 29.3 Å². The van der Waals surface area contributed by atoms with E-state index in [0.717, 1.165) is 0 Å². The number of ether oxygens (including phenoxy) is 1. The second kappa shape index (κ2) is 9.36. The third kappa shape index (κ3) is 6.01. The number of hydrogen-bond donors (Lipinski definition) is 2. The van der Waals surface area contributed by atoms with Gasteiger partial charge >= 0.3 is 0 Å². The van der Waals surface area contributed by atoms with E-state index < -0.39 is 5.91 Å². The van der Waals surface area contributed by atoms with Gasteiger partial charge in [0.15, 0.2) is 0 Å². The quantitative estimate of drug-likeness (QED) is 0.720. The zero-order valence-corrected chi connectivity index (χ0v) is 15.0. The molecular formula is C17H17Cl2N3O3. The van der Waals surface area contributed by atoms with Crippen LogP contribution in [0.25, 0.3) is 0 Å². The summed E-state index contributed by atoms with van der Waals surface area (Å²) in [5, 5.41) is 6.17. The average molecular weight is 382 g/mol. The summed E-state index contributed by atoms with van der Waals surface area (Å²) in [6.45, 7) is 1.02. The summed E-state index contributed by atoms with van der Waals surface area (Å²) in [6.07, 6.45) is 0.692. The van der Waals surface area contributed by atoms with Crippen molar-refractivity contribution in [3.05, 3.63) is 57.8 Å². The fraction of sp³-hybridized carbons (Fsp3) is 0.235. The summed E-state index contributed by atoms with van der Waals surface area (Å²) in [4.78, 5) is 28.4. The lowest BCUT2D eigenvalue weighted by Crippen LogP contribution is -2.27. The number of carbonyl (C=O) groups excluding carboxylic acids is 2. The first-order valence-corrected chi connectivity index (χ1v) is 8.27. The van der Waals surface area contributed by atoms with E-state index in [1.165, 1.54) is 6.07 Å². The molecular weight excluding hydrogens is 365 g/mol. The lowest BCUT2D eigenvalue weighted by molar-refractivity contribution is 0.0943. The Bertz CT molecular complexity index is 748. The van der Waals surface area contributed by atoms with Crippen molar-refractivity contribution in [3.8, 4) is 0 Å². The average Bonchev–Trinajstić information content (AvgIpc) is 2.57. The Kier molecular flexibility index (Phi) is 7.18. The molecule has 2 aromatic rings. The van der Waals surface area contributed by atoms with Gasteiger partial charge in [-0.05, 0) is 36.8 Å². The van der Waals surface area contributed by atoms with Crippen LogP contribution >= 0.6 is 23.2 Å². The van der Waals surface area contributed by atoms with Crippen LogP contribution in [-0.2, 0) is 4.74 Å². The van der Waals surface area contributed by atoms with Crippen molar-refractivity contribution >= 4 is 40.7 Å². The highest BCUT2D eigenvalue weighted by molar-refractivity contribution is 6.35. The van der Waals surface area contributed by atoms with E-state index in [1.807, 2.05) is 0 Å². The van der Waals surface area contributed by atoms with Gasteiger partial charge in [-0.25, -0.2) is 4.98 Å². The van der Waals surface area contributed by atoms with E-state index in [0.29, 0.717) is 35.3 Å². The van der Waals surface area contributed by atoms with Crippen LogP contribution in [0.1, 0.15) is 27.4 Å².